The third kappa shape index (κ3) is 2.70. The molecule has 0 aromatic rings. The van der Waals surface area contributed by atoms with E-state index in [1.807, 2.05) is 13.8 Å². The Morgan fingerprint density at radius 1 is 1.71 bits per heavy atom. The molecular formula is C9H16N2O3. The number of aliphatic carboxylic acids is 1. The molecule has 2 N–H and O–H groups in total. The molecular weight excluding hydrogens is 184 g/mol. The average Bonchev–Trinajstić information content (AvgIpc) is 2.01. The number of carboxylic acid groups (broad SMARTS) is 1. The Morgan fingerprint density at radius 3 is 2.86 bits per heavy atom. The van der Waals surface area contributed by atoms with Crippen LogP contribution in [0.15, 0.2) is 0 Å². The molecule has 0 saturated carbocycles. The Hall–Kier alpha value is -1.10. The minimum Gasteiger partial charge on any atom is -0.480 e. The molecule has 0 aromatic carbocycles. The summed E-state index contributed by atoms with van der Waals surface area (Å²) < 4.78 is 0. The van der Waals surface area contributed by atoms with E-state index >= 15 is 0 Å². The lowest BCUT2D eigenvalue weighted by Crippen LogP contribution is -2.57. The van der Waals surface area contributed by atoms with Gasteiger partial charge in [0, 0.05) is 12.6 Å². The highest BCUT2D eigenvalue weighted by molar-refractivity contribution is 5.80. The van der Waals surface area contributed by atoms with Crippen LogP contribution >= 0.6 is 0 Å². The third-order valence-electron chi connectivity index (χ3n) is 2.43. The molecule has 5 heteroatoms. The van der Waals surface area contributed by atoms with Crippen molar-refractivity contribution in [3.8, 4) is 0 Å². The van der Waals surface area contributed by atoms with Gasteiger partial charge in [0.15, 0.2) is 0 Å². The van der Waals surface area contributed by atoms with Crippen LogP contribution < -0.4 is 5.32 Å². The van der Waals surface area contributed by atoms with Crippen molar-refractivity contribution in [2.75, 3.05) is 19.6 Å². The van der Waals surface area contributed by atoms with Crippen LogP contribution in [0.1, 0.15) is 13.8 Å². The van der Waals surface area contributed by atoms with Crippen LogP contribution in [0, 0.1) is 5.92 Å². The van der Waals surface area contributed by atoms with E-state index in [1.54, 1.807) is 4.90 Å². The maximum atomic E-state index is 11.1. The molecule has 1 fully saturated rings. The SMILES string of the molecule is CC(C)C1CNC(=O)CN1CC(=O)O. The molecule has 0 radical (unpaired) electrons. The highest BCUT2D eigenvalue weighted by Crippen LogP contribution is 2.12. The number of carbonyl (C=O) groups is 2. The first-order valence-corrected chi connectivity index (χ1v) is 4.73. The summed E-state index contributed by atoms with van der Waals surface area (Å²) in [4.78, 5) is 23.4. The third-order valence-corrected chi connectivity index (χ3v) is 2.43. The number of amides is 1. The van der Waals surface area contributed by atoms with Gasteiger partial charge in [0.1, 0.15) is 0 Å². The lowest BCUT2D eigenvalue weighted by Gasteiger charge is -2.36. The largest absolute Gasteiger partial charge is 0.480 e. The lowest BCUT2D eigenvalue weighted by atomic mass is 10.0. The molecule has 5 nitrogen and oxygen atoms in total. The van der Waals surface area contributed by atoms with Gasteiger partial charge in [-0.15, -0.1) is 0 Å². The van der Waals surface area contributed by atoms with E-state index in [0.717, 1.165) is 0 Å². The molecule has 0 aliphatic carbocycles. The minimum atomic E-state index is -0.884. The quantitative estimate of drug-likeness (QED) is 0.646. The first kappa shape index (κ1) is 11.0. The molecule has 1 atom stereocenters. The van der Waals surface area contributed by atoms with Crippen LogP contribution in [0.4, 0.5) is 0 Å². The van der Waals surface area contributed by atoms with Gasteiger partial charge < -0.3 is 10.4 Å². The van der Waals surface area contributed by atoms with Crippen molar-refractivity contribution in [3.05, 3.63) is 0 Å². The number of hydrogen-bond donors (Lipinski definition) is 2. The van der Waals surface area contributed by atoms with E-state index in [2.05, 4.69) is 5.32 Å². The zero-order valence-electron chi connectivity index (χ0n) is 8.49. The van der Waals surface area contributed by atoms with Gasteiger partial charge in [0.05, 0.1) is 13.1 Å². The zero-order valence-corrected chi connectivity index (χ0v) is 8.49. The fourth-order valence-electron chi connectivity index (χ4n) is 1.71. The number of nitrogens with zero attached hydrogens (tertiary/aromatic N) is 1. The number of rotatable bonds is 3. The zero-order chi connectivity index (χ0) is 10.7. The van der Waals surface area contributed by atoms with Crippen LogP contribution in [0.5, 0.6) is 0 Å². The summed E-state index contributed by atoms with van der Waals surface area (Å²) in [5.41, 5.74) is 0. The Balaban J connectivity index is 2.63. The van der Waals surface area contributed by atoms with Gasteiger partial charge in [0.25, 0.3) is 0 Å². The second-order valence-electron chi connectivity index (χ2n) is 3.91. The maximum Gasteiger partial charge on any atom is 0.317 e. The summed E-state index contributed by atoms with van der Waals surface area (Å²) in [6.07, 6.45) is 0. The van der Waals surface area contributed by atoms with Crippen LogP contribution in [0.25, 0.3) is 0 Å². The van der Waals surface area contributed by atoms with Crippen LogP contribution in [-0.4, -0.2) is 47.6 Å². The average molecular weight is 200 g/mol. The first-order valence-electron chi connectivity index (χ1n) is 4.73. The van der Waals surface area contributed by atoms with Gasteiger partial charge in [-0.25, -0.2) is 0 Å². The van der Waals surface area contributed by atoms with Crippen molar-refractivity contribution < 1.29 is 14.7 Å². The van der Waals surface area contributed by atoms with Gasteiger partial charge in [-0.2, -0.15) is 0 Å². The summed E-state index contributed by atoms with van der Waals surface area (Å²) >= 11 is 0. The lowest BCUT2D eigenvalue weighted by molar-refractivity contribution is -0.140. The number of carbonyl (C=O) groups excluding carboxylic acids is 1. The van der Waals surface area contributed by atoms with Crippen molar-refractivity contribution in [1.29, 1.82) is 0 Å². The summed E-state index contributed by atoms with van der Waals surface area (Å²) in [6, 6.07) is 0.129. The molecule has 1 rings (SSSR count). The number of carboxylic acids is 1. The van der Waals surface area contributed by atoms with E-state index in [-0.39, 0.29) is 25.0 Å². The molecule has 0 aromatic heterocycles. The maximum absolute atomic E-state index is 11.1. The molecule has 1 unspecified atom stereocenters. The smallest absolute Gasteiger partial charge is 0.317 e. The summed E-state index contributed by atoms with van der Waals surface area (Å²) in [6.45, 7) is 4.73. The van der Waals surface area contributed by atoms with Crippen molar-refractivity contribution in [3.63, 3.8) is 0 Å². The fourth-order valence-corrected chi connectivity index (χ4v) is 1.71. The molecule has 1 saturated heterocycles. The van der Waals surface area contributed by atoms with Gasteiger partial charge >= 0.3 is 5.97 Å². The highest BCUT2D eigenvalue weighted by Gasteiger charge is 2.29. The summed E-state index contributed by atoms with van der Waals surface area (Å²) in [5.74, 6) is -0.636. The molecule has 1 aliphatic rings. The molecule has 1 amide bonds. The Morgan fingerprint density at radius 2 is 2.36 bits per heavy atom. The minimum absolute atomic E-state index is 0.0593. The molecule has 0 bridgehead atoms. The van der Waals surface area contributed by atoms with Crippen molar-refractivity contribution in [2.45, 2.75) is 19.9 Å². The predicted octanol–water partition coefficient (Wildman–Crippen LogP) is -0.473. The Kier molecular flexibility index (Phi) is 3.46. The molecule has 1 heterocycles. The van der Waals surface area contributed by atoms with Gasteiger partial charge in [-0.3, -0.25) is 14.5 Å². The van der Waals surface area contributed by atoms with Gasteiger partial charge in [0.2, 0.25) is 5.91 Å². The van der Waals surface area contributed by atoms with Crippen LogP contribution in [0.3, 0.4) is 0 Å². The Labute approximate surface area is 83.1 Å². The van der Waals surface area contributed by atoms with Gasteiger partial charge in [-0.1, -0.05) is 13.8 Å². The van der Waals surface area contributed by atoms with E-state index in [1.165, 1.54) is 0 Å². The second kappa shape index (κ2) is 4.41. The second-order valence-corrected chi connectivity index (χ2v) is 3.91. The number of nitrogens with one attached hydrogen (secondary N) is 1. The number of piperazine rings is 1. The monoisotopic (exact) mass is 200 g/mol. The van der Waals surface area contributed by atoms with E-state index in [9.17, 15) is 9.59 Å². The highest BCUT2D eigenvalue weighted by atomic mass is 16.4. The molecule has 80 valence electrons. The molecule has 14 heavy (non-hydrogen) atoms. The fraction of sp³-hybridized carbons (Fsp3) is 0.778. The van der Waals surface area contributed by atoms with Gasteiger partial charge in [-0.05, 0) is 5.92 Å². The first-order chi connectivity index (χ1) is 6.50. The number of hydrogen-bond acceptors (Lipinski definition) is 3. The summed E-state index contributed by atoms with van der Waals surface area (Å²) in [5, 5.41) is 11.4. The van der Waals surface area contributed by atoms with E-state index < -0.39 is 5.97 Å². The van der Waals surface area contributed by atoms with E-state index in [0.29, 0.717) is 12.5 Å². The predicted molar refractivity (Wildman–Crippen MR) is 50.8 cm³/mol. The topological polar surface area (TPSA) is 69.6 Å². The molecule has 0 spiro atoms. The summed E-state index contributed by atoms with van der Waals surface area (Å²) in [7, 11) is 0. The van der Waals surface area contributed by atoms with Crippen molar-refractivity contribution in [1.82, 2.24) is 10.2 Å². The molecule has 1 aliphatic heterocycles. The van der Waals surface area contributed by atoms with Crippen molar-refractivity contribution in [2.24, 2.45) is 5.92 Å². The van der Waals surface area contributed by atoms with E-state index in [4.69, 9.17) is 5.11 Å². The van der Waals surface area contributed by atoms with Crippen LogP contribution in [0.2, 0.25) is 0 Å². The van der Waals surface area contributed by atoms with Crippen LogP contribution in [-0.2, 0) is 9.59 Å². The Bertz CT molecular complexity index is 238. The van der Waals surface area contributed by atoms with Crippen molar-refractivity contribution >= 4 is 11.9 Å². The normalized spacial score (nSPS) is 23.6. The standard InChI is InChI=1S/C9H16N2O3/c1-6(2)7-3-10-8(12)4-11(7)5-9(13)14/h6-7H,3-5H2,1-2H3,(H,10,12)(H,13,14).